The number of halogens is 2. The number of carboxylic acids is 1. The Bertz CT molecular complexity index is 1270. The van der Waals surface area contributed by atoms with Gasteiger partial charge in [-0.2, -0.15) is 0 Å². The number of aromatic nitrogens is 1. The minimum atomic E-state index is -1.33. The first-order chi connectivity index (χ1) is 17.2. The molecule has 1 aliphatic carbocycles. The number of carbonyl (C=O) groups is 2. The van der Waals surface area contributed by atoms with Crippen molar-refractivity contribution in [3.8, 4) is 11.5 Å². The topological polar surface area (TPSA) is 110 Å². The molecule has 1 aliphatic rings. The molecule has 4 rings (SSSR count). The number of fused-ring (bicyclic) bond motifs is 2. The van der Waals surface area contributed by atoms with E-state index in [-0.39, 0.29) is 19.4 Å². The largest absolute Gasteiger partial charge is 0.493 e. The van der Waals surface area contributed by atoms with E-state index in [4.69, 9.17) is 9.47 Å². The second-order valence-electron chi connectivity index (χ2n) is 8.81. The van der Waals surface area contributed by atoms with Gasteiger partial charge in [0.05, 0.1) is 42.3 Å². The van der Waals surface area contributed by atoms with Crippen molar-refractivity contribution in [2.75, 3.05) is 27.3 Å². The summed E-state index contributed by atoms with van der Waals surface area (Å²) in [5.41, 5.74) is 0.246. The molecule has 0 bridgehead atoms. The van der Waals surface area contributed by atoms with Crippen LogP contribution in [-0.4, -0.2) is 49.3 Å². The third-order valence-corrected chi connectivity index (χ3v) is 7.24. The van der Waals surface area contributed by atoms with Crippen LogP contribution < -0.4 is 20.1 Å². The van der Waals surface area contributed by atoms with Crippen LogP contribution in [0, 0.1) is 17.0 Å². The van der Waals surface area contributed by atoms with Crippen molar-refractivity contribution in [2.45, 2.75) is 32.2 Å². The fourth-order valence-electron chi connectivity index (χ4n) is 4.51. The quantitative estimate of drug-likeness (QED) is 0.333. The molecule has 3 aromatic rings. The lowest BCUT2D eigenvalue weighted by atomic mass is 9.80. The maximum Gasteiger partial charge on any atom is 0.304 e. The highest BCUT2D eigenvalue weighted by Crippen LogP contribution is 2.41. The van der Waals surface area contributed by atoms with E-state index in [0.29, 0.717) is 39.8 Å². The van der Waals surface area contributed by atoms with Gasteiger partial charge in [0.2, 0.25) is 5.91 Å². The molecule has 0 spiro atoms. The minimum absolute atomic E-state index is 0.0168. The molecule has 0 radical (unpaired) electrons. The SMILES string of the molecule is CNCCCOc1cc2nc(CNC(=O)C3(CC(=O)O)Cc4cc(F)c(F)cc4C3)sc2cc1OC. The molecule has 0 fully saturated rings. The van der Waals surface area contributed by atoms with Gasteiger partial charge in [0.15, 0.2) is 23.1 Å². The van der Waals surface area contributed by atoms with Crippen LogP contribution >= 0.6 is 11.3 Å². The highest BCUT2D eigenvalue weighted by molar-refractivity contribution is 7.18. The molecule has 8 nitrogen and oxygen atoms in total. The van der Waals surface area contributed by atoms with E-state index >= 15 is 0 Å². The number of nitrogens with one attached hydrogen (secondary N) is 2. The second kappa shape index (κ2) is 10.8. The number of aliphatic carboxylic acids is 1. The van der Waals surface area contributed by atoms with E-state index in [1.165, 1.54) is 11.3 Å². The Balaban J connectivity index is 1.49. The average Bonchev–Trinajstić information content (AvgIpc) is 3.39. The maximum atomic E-state index is 13.7. The number of hydrogen-bond acceptors (Lipinski definition) is 7. The van der Waals surface area contributed by atoms with Gasteiger partial charge in [0.25, 0.3) is 0 Å². The average molecular weight is 520 g/mol. The predicted octanol–water partition coefficient (Wildman–Crippen LogP) is 3.45. The van der Waals surface area contributed by atoms with E-state index in [0.717, 1.165) is 29.8 Å². The zero-order valence-corrected chi connectivity index (χ0v) is 20.8. The highest BCUT2D eigenvalue weighted by Gasteiger charge is 2.46. The lowest BCUT2D eigenvalue weighted by Crippen LogP contribution is -2.43. The summed E-state index contributed by atoms with van der Waals surface area (Å²) < 4.78 is 39.6. The van der Waals surface area contributed by atoms with Gasteiger partial charge in [-0.05, 0) is 56.1 Å². The van der Waals surface area contributed by atoms with Crippen molar-refractivity contribution < 1.29 is 33.0 Å². The van der Waals surface area contributed by atoms with Gasteiger partial charge in [0, 0.05) is 12.1 Å². The van der Waals surface area contributed by atoms with Crippen LogP contribution in [0.25, 0.3) is 10.2 Å². The molecule has 11 heteroatoms. The zero-order chi connectivity index (χ0) is 25.9. The van der Waals surface area contributed by atoms with E-state index in [2.05, 4.69) is 15.6 Å². The molecule has 1 heterocycles. The Kier molecular flexibility index (Phi) is 7.70. The normalized spacial score (nSPS) is 14.0. The molecule has 1 amide bonds. The fraction of sp³-hybridized carbons (Fsp3) is 0.400. The molecule has 0 saturated heterocycles. The summed E-state index contributed by atoms with van der Waals surface area (Å²) >= 11 is 1.37. The number of ether oxygens (including phenoxy) is 2. The Labute approximate surface area is 210 Å². The first-order valence-electron chi connectivity index (χ1n) is 11.5. The van der Waals surface area contributed by atoms with Crippen molar-refractivity contribution in [3.63, 3.8) is 0 Å². The number of carbonyl (C=O) groups excluding carboxylic acids is 1. The second-order valence-corrected chi connectivity index (χ2v) is 9.92. The van der Waals surface area contributed by atoms with Crippen LogP contribution in [0.4, 0.5) is 8.78 Å². The number of hydrogen-bond donors (Lipinski definition) is 3. The van der Waals surface area contributed by atoms with E-state index in [1.54, 1.807) is 13.2 Å². The number of thiazole rings is 1. The Morgan fingerprint density at radius 3 is 2.44 bits per heavy atom. The van der Waals surface area contributed by atoms with E-state index in [1.807, 2.05) is 13.1 Å². The van der Waals surface area contributed by atoms with Crippen molar-refractivity contribution in [3.05, 3.63) is 52.0 Å². The summed E-state index contributed by atoms with van der Waals surface area (Å²) in [6.07, 6.45) is 0.404. The Morgan fingerprint density at radius 1 is 1.14 bits per heavy atom. The summed E-state index contributed by atoms with van der Waals surface area (Å²) in [4.78, 5) is 29.4. The minimum Gasteiger partial charge on any atom is -0.493 e. The molecule has 36 heavy (non-hydrogen) atoms. The molecule has 0 aliphatic heterocycles. The third-order valence-electron chi connectivity index (χ3n) is 6.22. The van der Waals surface area contributed by atoms with E-state index in [9.17, 15) is 23.5 Å². The van der Waals surface area contributed by atoms with Crippen molar-refractivity contribution in [1.82, 2.24) is 15.6 Å². The fourth-order valence-corrected chi connectivity index (χ4v) is 5.43. The van der Waals surface area contributed by atoms with Crippen LogP contribution in [0.3, 0.4) is 0 Å². The predicted molar refractivity (Wildman–Crippen MR) is 131 cm³/mol. The van der Waals surface area contributed by atoms with Crippen LogP contribution in [-0.2, 0) is 29.0 Å². The monoisotopic (exact) mass is 519 g/mol. The molecule has 192 valence electrons. The van der Waals surface area contributed by atoms with Crippen LogP contribution in [0.1, 0.15) is 29.0 Å². The van der Waals surface area contributed by atoms with Gasteiger partial charge in [-0.15, -0.1) is 11.3 Å². The number of amides is 1. The Hall–Kier alpha value is -3.31. The van der Waals surface area contributed by atoms with Gasteiger partial charge in [-0.1, -0.05) is 0 Å². The van der Waals surface area contributed by atoms with E-state index < -0.39 is 35.3 Å². The van der Waals surface area contributed by atoms with Gasteiger partial charge in [0.1, 0.15) is 5.01 Å². The smallest absolute Gasteiger partial charge is 0.304 e. The molecule has 1 aromatic heterocycles. The molecular weight excluding hydrogens is 492 g/mol. The van der Waals surface area contributed by atoms with Crippen LogP contribution in [0.2, 0.25) is 0 Å². The Morgan fingerprint density at radius 2 is 1.83 bits per heavy atom. The first kappa shape index (κ1) is 25.8. The van der Waals surface area contributed by atoms with Gasteiger partial charge >= 0.3 is 5.97 Å². The number of nitrogens with zero attached hydrogens (tertiary/aromatic N) is 1. The first-order valence-corrected chi connectivity index (χ1v) is 12.3. The number of benzene rings is 2. The molecular formula is C25H27F2N3O5S. The standard InChI is InChI=1S/C25H27F2N3O5S/c1-28-4-3-5-35-20-8-18-21(9-19(20)34-2)36-22(30-18)13-29-24(33)25(12-23(31)32)10-14-6-16(26)17(27)7-15(14)11-25/h6-9,28H,3-5,10-13H2,1-2H3,(H,29,33)(H,31,32). The number of methoxy groups -OCH3 is 1. The molecule has 3 N–H and O–H groups in total. The summed E-state index contributed by atoms with van der Waals surface area (Å²) in [5, 5.41) is 15.9. The summed E-state index contributed by atoms with van der Waals surface area (Å²) in [7, 11) is 3.43. The van der Waals surface area contributed by atoms with Crippen molar-refractivity contribution in [2.24, 2.45) is 5.41 Å². The molecule has 0 saturated carbocycles. The lowest BCUT2D eigenvalue weighted by molar-refractivity contribution is -0.145. The van der Waals surface area contributed by atoms with Crippen molar-refractivity contribution >= 4 is 33.4 Å². The third kappa shape index (κ3) is 5.41. The van der Waals surface area contributed by atoms with Crippen LogP contribution in [0.5, 0.6) is 11.5 Å². The zero-order valence-electron chi connectivity index (χ0n) is 20.0. The summed E-state index contributed by atoms with van der Waals surface area (Å²) in [5.74, 6) is -2.54. The van der Waals surface area contributed by atoms with Crippen molar-refractivity contribution in [1.29, 1.82) is 0 Å². The van der Waals surface area contributed by atoms with Gasteiger partial charge in [-0.3, -0.25) is 9.59 Å². The van der Waals surface area contributed by atoms with Gasteiger partial charge < -0.3 is 25.2 Å². The highest BCUT2D eigenvalue weighted by atomic mass is 32.1. The van der Waals surface area contributed by atoms with Crippen LogP contribution in [0.15, 0.2) is 24.3 Å². The number of rotatable bonds is 11. The maximum absolute atomic E-state index is 13.7. The lowest BCUT2D eigenvalue weighted by Gasteiger charge is -2.25. The molecule has 0 atom stereocenters. The summed E-state index contributed by atoms with van der Waals surface area (Å²) in [6, 6.07) is 5.70. The van der Waals surface area contributed by atoms with Gasteiger partial charge in [-0.25, -0.2) is 13.8 Å². The molecule has 2 aromatic carbocycles. The summed E-state index contributed by atoms with van der Waals surface area (Å²) in [6.45, 7) is 1.42. The molecule has 0 unspecified atom stereocenters. The number of carboxylic acid groups (broad SMARTS) is 1.